The van der Waals surface area contributed by atoms with Crippen LogP contribution in [0.2, 0.25) is 0 Å². The summed E-state index contributed by atoms with van der Waals surface area (Å²) in [6.07, 6.45) is 6.08. The zero-order chi connectivity index (χ0) is 28.6. The van der Waals surface area contributed by atoms with Crippen LogP contribution < -0.4 is 5.43 Å². The monoisotopic (exact) mass is 554 g/mol. The van der Waals surface area contributed by atoms with Gasteiger partial charge in [-0.2, -0.15) is 0 Å². The summed E-state index contributed by atoms with van der Waals surface area (Å²) in [5.74, 6) is -1.06. The van der Waals surface area contributed by atoms with Crippen molar-refractivity contribution in [1.29, 1.82) is 0 Å². The molecule has 0 N–H and O–H groups in total. The molecule has 3 aromatic carbocycles. The lowest BCUT2D eigenvalue weighted by Crippen LogP contribution is -2.45. The van der Waals surface area contributed by atoms with Crippen LogP contribution in [0.1, 0.15) is 29.5 Å². The summed E-state index contributed by atoms with van der Waals surface area (Å²) in [6, 6.07) is 22.2. The van der Waals surface area contributed by atoms with Gasteiger partial charge in [-0.25, -0.2) is 4.39 Å². The minimum Gasteiger partial charge on any atom is -0.464 e. The Morgan fingerprint density at radius 3 is 2.44 bits per heavy atom. The van der Waals surface area contributed by atoms with Gasteiger partial charge in [0, 0.05) is 25.8 Å². The number of rotatable bonds is 10. The molecule has 41 heavy (non-hydrogen) atoms. The van der Waals surface area contributed by atoms with E-state index in [2.05, 4.69) is 0 Å². The van der Waals surface area contributed by atoms with Crippen molar-refractivity contribution in [2.24, 2.45) is 0 Å². The smallest absolute Gasteiger partial charge is 0.247 e. The number of nitrogens with zero attached hydrogens (tertiary/aromatic N) is 2. The Morgan fingerprint density at radius 2 is 1.68 bits per heavy atom. The van der Waals surface area contributed by atoms with Crippen molar-refractivity contribution in [1.82, 2.24) is 9.80 Å². The molecule has 7 nitrogen and oxygen atoms in total. The first kappa shape index (κ1) is 28.0. The second-order valence-corrected chi connectivity index (χ2v) is 10.1. The van der Waals surface area contributed by atoms with Crippen LogP contribution in [0.5, 0.6) is 0 Å². The molecule has 1 saturated heterocycles. The summed E-state index contributed by atoms with van der Waals surface area (Å²) >= 11 is 0. The zero-order valence-electron chi connectivity index (χ0n) is 22.6. The quantitative estimate of drug-likeness (QED) is 0.252. The highest BCUT2D eigenvalue weighted by molar-refractivity contribution is 5.94. The molecule has 0 radical (unpaired) electrons. The molecular weight excluding hydrogens is 523 g/mol. The number of ether oxygens (including phenoxy) is 1. The van der Waals surface area contributed by atoms with E-state index < -0.39 is 0 Å². The van der Waals surface area contributed by atoms with Gasteiger partial charge in [-0.3, -0.25) is 14.4 Å². The van der Waals surface area contributed by atoms with Gasteiger partial charge in [0.1, 0.15) is 17.9 Å². The fraction of sp³-hybridized carbons (Fsp3) is 0.242. The van der Waals surface area contributed by atoms with Crippen LogP contribution in [-0.4, -0.2) is 47.4 Å². The van der Waals surface area contributed by atoms with Gasteiger partial charge in [-0.15, -0.1) is 0 Å². The highest BCUT2D eigenvalue weighted by atomic mass is 19.1. The van der Waals surface area contributed by atoms with Gasteiger partial charge in [0.15, 0.2) is 5.43 Å². The van der Waals surface area contributed by atoms with Crippen molar-refractivity contribution >= 4 is 28.9 Å². The van der Waals surface area contributed by atoms with E-state index in [1.807, 2.05) is 30.3 Å². The van der Waals surface area contributed by atoms with E-state index in [0.29, 0.717) is 28.7 Å². The van der Waals surface area contributed by atoms with Gasteiger partial charge in [-0.1, -0.05) is 54.6 Å². The summed E-state index contributed by atoms with van der Waals surface area (Å²) in [6.45, 7) is 0.761. The van der Waals surface area contributed by atoms with Crippen molar-refractivity contribution in [3.63, 3.8) is 0 Å². The molecule has 2 heterocycles. The number of carbonyl (C=O) groups excluding carboxylic acids is 2. The number of hydrogen-bond donors (Lipinski definition) is 0. The van der Waals surface area contributed by atoms with Crippen LogP contribution in [-0.2, 0) is 27.4 Å². The largest absolute Gasteiger partial charge is 0.464 e. The SMILES string of the molecule is O=C(C=Cc1ccccc1)N(CC(=O)N(Cc1ccc(F)cc1)Cc1coc2ccccc2c1=O)CC1CCCO1. The number of fused-ring (bicyclic) bond motifs is 1. The van der Waals surface area contributed by atoms with Gasteiger partial charge < -0.3 is 19.0 Å². The molecule has 2 amide bonds. The molecule has 1 aliphatic rings. The molecule has 5 rings (SSSR count). The lowest BCUT2D eigenvalue weighted by Gasteiger charge is -2.28. The molecule has 1 aromatic heterocycles. The van der Waals surface area contributed by atoms with Crippen LogP contribution in [0.3, 0.4) is 0 Å². The van der Waals surface area contributed by atoms with E-state index in [1.165, 1.54) is 34.3 Å². The van der Waals surface area contributed by atoms with Crippen molar-refractivity contribution in [2.45, 2.75) is 32.0 Å². The topological polar surface area (TPSA) is 80.1 Å². The fourth-order valence-electron chi connectivity index (χ4n) is 4.84. The van der Waals surface area contributed by atoms with Crippen molar-refractivity contribution in [2.75, 3.05) is 19.7 Å². The first-order valence-electron chi connectivity index (χ1n) is 13.6. The van der Waals surface area contributed by atoms with Crippen molar-refractivity contribution in [3.05, 3.63) is 124 Å². The third-order valence-electron chi connectivity index (χ3n) is 7.06. The average molecular weight is 555 g/mol. The van der Waals surface area contributed by atoms with Crippen LogP contribution >= 0.6 is 0 Å². The Labute approximate surface area is 237 Å². The molecule has 210 valence electrons. The predicted octanol–water partition coefficient (Wildman–Crippen LogP) is 5.18. The Bertz CT molecular complexity index is 1580. The number of hydrogen-bond acceptors (Lipinski definition) is 5. The Hall–Kier alpha value is -4.56. The first-order chi connectivity index (χ1) is 20.0. The standard InChI is InChI=1S/C33H31FN2O5/c34-27-15-12-25(13-16-27)19-35(20-26-23-41-30-11-5-4-10-29(30)33(26)39)32(38)22-36(21-28-9-6-18-40-28)31(37)17-14-24-7-2-1-3-8-24/h1-5,7-8,10-17,23,28H,6,9,18-22H2. The van der Waals surface area contributed by atoms with E-state index in [1.54, 1.807) is 42.5 Å². The summed E-state index contributed by atoms with van der Waals surface area (Å²) in [4.78, 5) is 43.3. The number of benzene rings is 3. The molecule has 1 unspecified atom stereocenters. The maximum Gasteiger partial charge on any atom is 0.247 e. The Balaban J connectivity index is 1.40. The van der Waals surface area contributed by atoms with Crippen molar-refractivity contribution in [3.8, 4) is 0 Å². The second kappa shape index (κ2) is 13.2. The maximum absolute atomic E-state index is 13.8. The van der Waals surface area contributed by atoms with E-state index in [0.717, 1.165) is 18.4 Å². The minimum absolute atomic E-state index is 0.0365. The number of para-hydroxylation sites is 1. The summed E-state index contributed by atoms with van der Waals surface area (Å²) < 4.78 is 25.0. The third kappa shape index (κ3) is 7.35. The van der Waals surface area contributed by atoms with E-state index in [9.17, 15) is 18.8 Å². The molecule has 1 atom stereocenters. The number of carbonyl (C=O) groups is 2. The van der Waals surface area contributed by atoms with E-state index >= 15 is 0 Å². The average Bonchev–Trinajstić information content (AvgIpc) is 3.51. The number of amides is 2. The first-order valence-corrected chi connectivity index (χ1v) is 13.6. The minimum atomic E-state index is -0.389. The molecule has 8 heteroatoms. The van der Waals surface area contributed by atoms with E-state index in [-0.39, 0.29) is 55.3 Å². The summed E-state index contributed by atoms with van der Waals surface area (Å²) in [5, 5.41) is 0.417. The third-order valence-corrected chi connectivity index (χ3v) is 7.06. The Kier molecular flexibility index (Phi) is 9.01. The zero-order valence-corrected chi connectivity index (χ0v) is 22.6. The molecular formula is C33H31FN2O5. The normalized spacial score (nSPS) is 14.9. The Morgan fingerprint density at radius 1 is 0.927 bits per heavy atom. The van der Waals surface area contributed by atoms with Gasteiger partial charge >= 0.3 is 0 Å². The molecule has 0 bridgehead atoms. The second-order valence-electron chi connectivity index (χ2n) is 10.1. The van der Waals surface area contributed by atoms with Crippen LogP contribution in [0.15, 0.2) is 100 Å². The molecule has 1 aliphatic heterocycles. The molecule has 0 saturated carbocycles. The molecule has 0 spiro atoms. The molecule has 1 fully saturated rings. The van der Waals surface area contributed by atoms with Crippen molar-refractivity contribution < 1.29 is 23.1 Å². The highest BCUT2D eigenvalue weighted by Gasteiger charge is 2.26. The lowest BCUT2D eigenvalue weighted by atomic mass is 10.1. The maximum atomic E-state index is 13.8. The summed E-state index contributed by atoms with van der Waals surface area (Å²) in [7, 11) is 0. The van der Waals surface area contributed by atoms with Gasteiger partial charge in [0.05, 0.1) is 29.9 Å². The lowest BCUT2D eigenvalue weighted by molar-refractivity contribution is -0.140. The van der Waals surface area contributed by atoms with E-state index in [4.69, 9.17) is 9.15 Å². The number of halogens is 1. The van der Waals surface area contributed by atoms with Crippen LogP contribution in [0, 0.1) is 5.82 Å². The van der Waals surface area contributed by atoms with Crippen LogP contribution in [0.4, 0.5) is 4.39 Å². The molecule has 4 aromatic rings. The predicted molar refractivity (Wildman–Crippen MR) is 154 cm³/mol. The summed E-state index contributed by atoms with van der Waals surface area (Å²) in [5.41, 5.74) is 2.08. The van der Waals surface area contributed by atoms with Crippen LogP contribution in [0.25, 0.3) is 17.0 Å². The fourth-order valence-corrected chi connectivity index (χ4v) is 4.84. The highest BCUT2D eigenvalue weighted by Crippen LogP contribution is 2.17. The molecule has 0 aliphatic carbocycles. The van der Waals surface area contributed by atoms with Gasteiger partial charge in [0.25, 0.3) is 0 Å². The van der Waals surface area contributed by atoms with Gasteiger partial charge in [0.2, 0.25) is 11.8 Å². The van der Waals surface area contributed by atoms with Gasteiger partial charge in [-0.05, 0) is 54.3 Å².